The fourth-order valence-electron chi connectivity index (χ4n) is 1.67. The number of Topliss-reactive ketones (excluding diaryl/α,β-unsaturated/α-hetero) is 1. The van der Waals surface area contributed by atoms with Gasteiger partial charge in [-0.15, -0.1) is 0 Å². The van der Waals surface area contributed by atoms with Gasteiger partial charge in [-0.3, -0.25) is 4.79 Å². The van der Waals surface area contributed by atoms with E-state index < -0.39 is 5.01 Å². The Morgan fingerprint density at radius 2 is 1.90 bits per heavy atom. The van der Waals surface area contributed by atoms with E-state index in [1.807, 2.05) is 25.1 Å². The normalized spacial score (nSPS) is 12.0. The molecule has 2 nitrogen and oxygen atoms in total. The third-order valence-corrected chi connectivity index (χ3v) is 3.88. The molecule has 0 spiro atoms. The van der Waals surface area contributed by atoms with Gasteiger partial charge in [0.05, 0.1) is 5.02 Å². The van der Waals surface area contributed by atoms with Crippen molar-refractivity contribution in [3.8, 4) is 5.75 Å². The minimum atomic E-state index is -0.803. The monoisotopic (exact) mass is 372 g/mol. The topological polar surface area (TPSA) is 26.3 Å². The molecular weight excluding hydrogens is 363 g/mol. The second-order valence-electron chi connectivity index (χ2n) is 4.19. The van der Waals surface area contributed by atoms with Crippen LogP contribution < -0.4 is 4.74 Å². The molecule has 1 unspecified atom stereocenters. The van der Waals surface area contributed by atoms with Gasteiger partial charge < -0.3 is 4.74 Å². The van der Waals surface area contributed by atoms with Crippen LogP contribution in [0.4, 0.5) is 0 Å². The summed E-state index contributed by atoms with van der Waals surface area (Å²) in [6.45, 7) is 1.91. The maximum atomic E-state index is 12.3. The van der Waals surface area contributed by atoms with Crippen LogP contribution in [0.2, 0.25) is 10.0 Å². The van der Waals surface area contributed by atoms with Crippen molar-refractivity contribution in [1.29, 1.82) is 0 Å². The summed E-state index contributed by atoms with van der Waals surface area (Å²) < 4.78 is 5.62. The number of halogens is 3. The zero-order valence-electron chi connectivity index (χ0n) is 10.6. The third kappa shape index (κ3) is 3.54. The maximum absolute atomic E-state index is 12.3. The van der Waals surface area contributed by atoms with Crippen LogP contribution in [0.1, 0.15) is 15.9 Å². The number of ketones is 1. The molecule has 0 saturated heterocycles. The molecule has 2 aromatic rings. The average molecular weight is 374 g/mol. The lowest BCUT2D eigenvalue weighted by Gasteiger charge is -2.14. The van der Waals surface area contributed by atoms with E-state index in [0.717, 1.165) is 5.56 Å². The second-order valence-corrected chi connectivity index (χ2v) is 5.86. The SMILES string of the molecule is Cc1ccccc1OC(Br)C(=O)c1ccc(Cl)cc1Cl. The summed E-state index contributed by atoms with van der Waals surface area (Å²) in [5, 5.41) is -0.0138. The molecule has 0 N–H and O–H groups in total. The predicted molar refractivity (Wildman–Crippen MR) is 85.3 cm³/mol. The first-order chi connectivity index (χ1) is 9.49. The Bertz CT molecular complexity index is 644. The average Bonchev–Trinajstić information content (AvgIpc) is 2.40. The minimum Gasteiger partial charge on any atom is -0.471 e. The summed E-state index contributed by atoms with van der Waals surface area (Å²) in [7, 11) is 0. The summed E-state index contributed by atoms with van der Waals surface area (Å²) in [5.74, 6) is 0.391. The van der Waals surface area contributed by atoms with Gasteiger partial charge in [0.2, 0.25) is 10.8 Å². The summed E-state index contributed by atoms with van der Waals surface area (Å²) in [6, 6.07) is 12.2. The van der Waals surface area contributed by atoms with E-state index in [0.29, 0.717) is 21.4 Å². The Hall–Kier alpha value is -1.03. The first-order valence-corrected chi connectivity index (χ1v) is 7.52. The van der Waals surface area contributed by atoms with Crippen molar-refractivity contribution in [2.45, 2.75) is 11.9 Å². The molecule has 0 aliphatic rings. The number of rotatable bonds is 4. The number of benzene rings is 2. The van der Waals surface area contributed by atoms with Gasteiger partial charge in [0.1, 0.15) is 5.75 Å². The molecule has 0 aliphatic heterocycles. The van der Waals surface area contributed by atoms with E-state index in [1.165, 1.54) is 6.07 Å². The van der Waals surface area contributed by atoms with E-state index in [1.54, 1.807) is 18.2 Å². The summed E-state index contributed by atoms with van der Waals surface area (Å²) >= 11 is 15.1. The molecular formula is C15H11BrCl2O2. The van der Waals surface area contributed by atoms with E-state index in [-0.39, 0.29) is 5.78 Å². The van der Waals surface area contributed by atoms with E-state index in [4.69, 9.17) is 27.9 Å². The first-order valence-electron chi connectivity index (χ1n) is 5.84. The highest BCUT2D eigenvalue weighted by molar-refractivity contribution is 9.09. The number of alkyl halides is 1. The van der Waals surface area contributed by atoms with Gasteiger partial charge in [-0.2, -0.15) is 0 Å². The zero-order chi connectivity index (χ0) is 14.7. The molecule has 20 heavy (non-hydrogen) atoms. The summed E-state index contributed by atoms with van der Waals surface area (Å²) in [6.07, 6.45) is 0. The lowest BCUT2D eigenvalue weighted by Crippen LogP contribution is -2.21. The van der Waals surface area contributed by atoms with Crippen LogP contribution in [0, 0.1) is 6.92 Å². The molecule has 0 bridgehead atoms. The van der Waals surface area contributed by atoms with Crippen LogP contribution in [0.25, 0.3) is 0 Å². The Balaban J connectivity index is 2.19. The van der Waals surface area contributed by atoms with Crippen LogP contribution in [0.15, 0.2) is 42.5 Å². The quantitative estimate of drug-likeness (QED) is 0.538. The number of carbonyl (C=O) groups excluding carboxylic acids is 1. The highest BCUT2D eigenvalue weighted by Crippen LogP contribution is 2.26. The second kappa shape index (κ2) is 6.61. The molecule has 0 amide bonds. The minimum absolute atomic E-state index is 0.255. The van der Waals surface area contributed by atoms with Crippen LogP contribution in [0.3, 0.4) is 0 Å². The Morgan fingerprint density at radius 1 is 1.20 bits per heavy atom. The van der Waals surface area contributed by atoms with Gasteiger partial charge in [-0.05, 0) is 52.7 Å². The van der Waals surface area contributed by atoms with Crippen molar-refractivity contribution in [3.63, 3.8) is 0 Å². The lowest BCUT2D eigenvalue weighted by molar-refractivity contribution is 0.0897. The standard InChI is InChI=1S/C15H11BrCl2O2/c1-9-4-2-3-5-13(9)20-15(16)14(19)11-7-6-10(17)8-12(11)18/h2-8,15H,1H3. The predicted octanol–water partition coefficient (Wildman–Crippen LogP) is 5.28. The molecule has 0 saturated carbocycles. The highest BCUT2D eigenvalue weighted by Gasteiger charge is 2.21. The first kappa shape index (κ1) is 15.4. The Morgan fingerprint density at radius 3 is 2.55 bits per heavy atom. The zero-order valence-corrected chi connectivity index (χ0v) is 13.7. The highest BCUT2D eigenvalue weighted by atomic mass is 79.9. The number of ether oxygens (including phenoxy) is 1. The molecule has 0 radical (unpaired) electrons. The molecule has 2 aromatic carbocycles. The van der Waals surface area contributed by atoms with Gasteiger partial charge in [0, 0.05) is 10.6 Å². The van der Waals surface area contributed by atoms with Crippen molar-refractivity contribution in [1.82, 2.24) is 0 Å². The number of hydrogen-bond acceptors (Lipinski definition) is 2. The van der Waals surface area contributed by atoms with Crippen LogP contribution in [-0.4, -0.2) is 10.8 Å². The smallest absolute Gasteiger partial charge is 0.215 e. The van der Waals surface area contributed by atoms with Gasteiger partial charge in [-0.1, -0.05) is 41.4 Å². The molecule has 104 valence electrons. The molecule has 0 aromatic heterocycles. The van der Waals surface area contributed by atoms with Crippen molar-refractivity contribution < 1.29 is 9.53 Å². The fourth-order valence-corrected chi connectivity index (χ4v) is 2.61. The molecule has 0 aliphatic carbocycles. The number of hydrogen-bond donors (Lipinski definition) is 0. The Kier molecular flexibility index (Phi) is 5.08. The summed E-state index contributed by atoms with van der Waals surface area (Å²) in [5.41, 5.74) is 1.32. The lowest BCUT2D eigenvalue weighted by atomic mass is 10.1. The van der Waals surface area contributed by atoms with E-state index >= 15 is 0 Å². The summed E-state index contributed by atoms with van der Waals surface area (Å²) in [4.78, 5) is 12.3. The van der Waals surface area contributed by atoms with Gasteiger partial charge in [0.25, 0.3) is 0 Å². The van der Waals surface area contributed by atoms with Crippen molar-refractivity contribution in [2.75, 3.05) is 0 Å². The van der Waals surface area contributed by atoms with Gasteiger partial charge in [-0.25, -0.2) is 0 Å². The molecule has 2 rings (SSSR count). The van der Waals surface area contributed by atoms with Gasteiger partial charge in [0.15, 0.2) is 0 Å². The molecule has 0 fully saturated rings. The molecule has 0 heterocycles. The maximum Gasteiger partial charge on any atom is 0.215 e. The Labute approximate surface area is 135 Å². The van der Waals surface area contributed by atoms with E-state index in [2.05, 4.69) is 15.9 Å². The van der Waals surface area contributed by atoms with Gasteiger partial charge >= 0.3 is 0 Å². The van der Waals surface area contributed by atoms with Crippen LogP contribution >= 0.6 is 39.1 Å². The van der Waals surface area contributed by atoms with Crippen molar-refractivity contribution >= 4 is 44.9 Å². The number of carbonyl (C=O) groups is 1. The van der Waals surface area contributed by atoms with E-state index in [9.17, 15) is 4.79 Å². The number of aryl methyl sites for hydroxylation is 1. The molecule has 1 atom stereocenters. The largest absolute Gasteiger partial charge is 0.471 e. The molecule has 5 heteroatoms. The van der Waals surface area contributed by atoms with Crippen molar-refractivity contribution in [2.24, 2.45) is 0 Å². The number of para-hydroxylation sites is 1. The van der Waals surface area contributed by atoms with Crippen molar-refractivity contribution in [3.05, 3.63) is 63.6 Å². The van der Waals surface area contributed by atoms with Crippen LogP contribution in [-0.2, 0) is 0 Å². The fraction of sp³-hybridized carbons (Fsp3) is 0.133. The van der Waals surface area contributed by atoms with Crippen LogP contribution in [0.5, 0.6) is 5.75 Å². The third-order valence-electron chi connectivity index (χ3n) is 2.73.